The van der Waals surface area contributed by atoms with Gasteiger partial charge in [-0.2, -0.15) is 0 Å². The molecule has 630 valence electrons. The molecule has 0 fully saturated rings. The maximum Gasteiger partial charge on any atom is 0.472 e. The summed E-state index contributed by atoms with van der Waals surface area (Å²) in [5, 5.41) is 10.7. The van der Waals surface area contributed by atoms with Crippen molar-refractivity contribution < 1.29 is 80.2 Å². The molecule has 0 aliphatic heterocycles. The van der Waals surface area contributed by atoms with Crippen molar-refractivity contribution in [2.45, 2.75) is 484 Å². The van der Waals surface area contributed by atoms with Crippen molar-refractivity contribution in [3.8, 4) is 0 Å². The molecule has 0 radical (unpaired) electrons. The summed E-state index contributed by atoms with van der Waals surface area (Å²) < 4.78 is 68.9. The van der Waals surface area contributed by atoms with Gasteiger partial charge < -0.3 is 33.8 Å². The number of esters is 4. The van der Waals surface area contributed by atoms with Gasteiger partial charge in [-0.25, -0.2) is 9.13 Å². The lowest BCUT2D eigenvalue weighted by atomic mass is 10.00. The summed E-state index contributed by atoms with van der Waals surface area (Å²) in [6.45, 7) is 9.68. The van der Waals surface area contributed by atoms with Crippen LogP contribution in [-0.4, -0.2) is 96.7 Å². The molecule has 0 spiro atoms. The van der Waals surface area contributed by atoms with Crippen molar-refractivity contribution in [2.75, 3.05) is 39.6 Å². The Kier molecular flexibility index (Phi) is 76.9. The van der Waals surface area contributed by atoms with Gasteiger partial charge in [-0.15, -0.1) is 0 Å². The van der Waals surface area contributed by atoms with Crippen LogP contribution in [-0.2, 0) is 65.4 Å². The van der Waals surface area contributed by atoms with E-state index in [0.717, 1.165) is 108 Å². The first-order valence-corrected chi connectivity index (χ1v) is 48.0. The van der Waals surface area contributed by atoms with E-state index >= 15 is 0 Å². The van der Waals surface area contributed by atoms with E-state index in [-0.39, 0.29) is 25.7 Å². The smallest absolute Gasteiger partial charge is 0.462 e. The maximum absolute atomic E-state index is 13.2. The van der Waals surface area contributed by atoms with E-state index in [9.17, 15) is 43.2 Å². The molecule has 0 aromatic rings. The molecular weight excluding hydrogens is 1380 g/mol. The third-order valence-electron chi connectivity index (χ3n) is 20.8. The largest absolute Gasteiger partial charge is 0.472 e. The zero-order chi connectivity index (χ0) is 77.8. The van der Waals surface area contributed by atoms with Crippen LogP contribution in [0, 0.1) is 11.8 Å². The molecule has 106 heavy (non-hydrogen) atoms. The number of carbonyl (C=O) groups is 4. The minimum Gasteiger partial charge on any atom is -0.462 e. The Balaban J connectivity index is 5.23. The fraction of sp³-hybridized carbons (Fsp3) is 0.954. The summed E-state index contributed by atoms with van der Waals surface area (Å²) in [4.78, 5) is 73.2. The Labute approximate surface area is 651 Å². The molecule has 0 bridgehead atoms. The van der Waals surface area contributed by atoms with E-state index < -0.39 is 97.5 Å². The molecule has 0 rings (SSSR count). The predicted molar refractivity (Wildman–Crippen MR) is 437 cm³/mol. The standard InChI is InChI=1S/C87H170O17P2/c1-7-10-12-14-16-18-20-22-24-26-31-34-38-42-46-50-57-63-69-84(89)97-75-82(103-86(91)71-65-60-52-48-44-40-36-32-28-27-30-33-37-41-45-49-55-61-67-79(4)5)77-101-105(93,94)99-73-81(88)74-100-106(95,96)102-78-83(76-98-85(90)70-64-58-54-53-56-62-68-80(6)9-3)104-87(92)72-66-59-51-47-43-39-35-29-25-23-21-19-17-15-13-11-8-2/h79-83,88H,7-78H2,1-6H3,(H,93,94)(H,95,96)/t80?,81-,82-,83-/m1/s1. The minimum atomic E-state index is -4.97. The van der Waals surface area contributed by atoms with Crippen LogP contribution in [0.2, 0.25) is 0 Å². The van der Waals surface area contributed by atoms with Crippen molar-refractivity contribution in [3.63, 3.8) is 0 Å². The van der Waals surface area contributed by atoms with Gasteiger partial charge in [0.2, 0.25) is 0 Å². The van der Waals surface area contributed by atoms with Crippen LogP contribution in [0.15, 0.2) is 0 Å². The highest BCUT2D eigenvalue weighted by atomic mass is 31.2. The fourth-order valence-electron chi connectivity index (χ4n) is 13.6. The van der Waals surface area contributed by atoms with Gasteiger partial charge in [-0.05, 0) is 37.5 Å². The van der Waals surface area contributed by atoms with Gasteiger partial charge in [0.1, 0.15) is 19.3 Å². The van der Waals surface area contributed by atoms with Crippen molar-refractivity contribution in [1.82, 2.24) is 0 Å². The molecule has 0 aromatic carbocycles. The Hall–Kier alpha value is -1.94. The summed E-state index contributed by atoms with van der Waals surface area (Å²) in [6.07, 6.45) is 70.9. The molecule has 0 saturated heterocycles. The molecule has 0 saturated carbocycles. The third-order valence-corrected chi connectivity index (χ3v) is 22.7. The molecule has 0 heterocycles. The van der Waals surface area contributed by atoms with Crippen LogP contribution in [0.1, 0.15) is 465 Å². The van der Waals surface area contributed by atoms with Crippen molar-refractivity contribution >= 4 is 39.5 Å². The average molecular weight is 1550 g/mol. The molecule has 3 unspecified atom stereocenters. The van der Waals surface area contributed by atoms with E-state index in [1.807, 2.05) is 0 Å². The number of aliphatic hydroxyl groups excluding tert-OH is 1. The number of carbonyl (C=O) groups excluding carboxylic acids is 4. The summed E-state index contributed by atoms with van der Waals surface area (Å²) in [5.74, 6) is -0.550. The lowest BCUT2D eigenvalue weighted by molar-refractivity contribution is -0.161. The van der Waals surface area contributed by atoms with E-state index in [4.69, 9.17) is 37.0 Å². The molecule has 17 nitrogen and oxygen atoms in total. The quantitative estimate of drug-likeness (QED) is 0.0222. The zero-order valence-electron chi connectivity index (χ0n) is 69.7. The number of phosphoric ester groups is 2. The second kappa shape index (κ2) is 78.3. The van der Waals surface area contributed by atoms with Crippen LogP contribution in [0.5, 0.6) is 0 Å². The van der Waals surface area contributed by atoms with Crippen molar-refractivity contribution in [3.05, 3.63) is 0 Å². The number of unbranched alkanes of at least 4 members (excludes halogenated alkanes) is 55. The number of ether oxygens (including phenoxy) is 4. The predicted octanol–water partition coefficient (Wildman–Crippen LogP) is 26.6. The van der Waals surface area contributed by atoms with Gasteiger partial charge in [0, 0.05) is 25.7 Å². The minimum absolute atomic E-state index is 0.108. The second-order valence-corrected chi connectivity index (χ2v) is 34.9. The first-order valence-electron chi connectivity index (χ1n) is 45.0. The van der Waals surface area contributed by atoms with Crippen LogP contribution in [0.25, 0.3) is 0 Å². The first kappa shape index (κ1) is 104. The summed E-state index contributed by atoms with van der Waals surface area (Å²) in [6, 6.07) is 0. The lowest BCUT2D eigenvalue weighted by Crippen LogP contribution is -2.30. The Bertz CT molecular complexity index is 2030. The highest BCUT2D eigenvalue weighted by molar-refractivity contribution is 7.47. The van der Waals surface area contributed by atoms with Crippen LogP contribution < -0.4 is 0 Å². The van der Waals surface area contributed by atoms with E-state index in [1.165, 1.54) is 276 Å². The van der Waals surface area contributed by atoms with Crippen LogP contribution in [0.4, 0.5) is 0 Å². The highest BCUT2D eigenvalue weighted by Gasteiger charge is 2.30. The Morgan fingerprint density at radius 2 is 0.481 bits per heavy atom. The van der Waals surface area contributed by atoms with Gasteiger partial charge in [-0.1, -0.05) is 414 Å². The normalized spacial score (nSPS) is 14.1. The Morgan fingerprint density at radius 3 is 0.717 bits per heavy atom. The molecule has 6 atom stereocenters. The molecule has 0 aromatic heterocycles. The molecule has 0 amide bonds. The van der Waals surface area contributed by atoms with Crippen molar-refractivity contribution in [1.29, 1.82) is 0 Å². The third kappa shape index (κ3) is 78.7. The molecule has 19 heteroatoms. The van der Waals surface area contributed by atoms with Crippen molar-refractivity contribution in [2.24, 2.45) is 11.8 Å². The topological polar surface area (TPSA) is 237 Å². The number of hydrogen-bond donors (Lipinski definition) is 3. The monoisotopic (exact) mass is 1550 g/mol. The highest BCUT2D eigenvalue weighted by Crippen LogP contribution is 2.45. The SMILES string of the molecule is CCCCCCCCCCCCCCCCCCCCC(=O)OC[C@H](COP(=O)(O)OC[C@@H](O)COP(=O)(O)OC[C@@H](COC(=O)CCCCCCCCC(C)CC)OC(=O)CCCCCCCCCCCCCCCCCCC)OC(=O)CCCCCCCCCCCCCCCCCCCCC(C)C. The summed E-state index contributed by atoms with van der Waals surface area (Å²) in [5.41, 5.74) is 0. The summed E-state index contributed by atoms with van der Waals surface area (Å²) in [7, 11) is -9.93. The number of phosphoric acid groups is 2. The van der Waals surface area contributed by atoms with Gasteiger partial charge in [0.25, 0.3) is 0 Å². The number of aliphatic hydroxyl groups is 1. The molecule has 3 N–H and O–H groups in total. The van der Waals surface area contributed by atoms with Crippen LogP contribution in [0.3, 0.4) is 0 Å². The summed E-state index contributed by atoms with van der Waals surface area (Å²) >= 11 is 0. The molecular formula is C87H170O17P2. The van der Waals surface area contributed by atoms with E-state index in [2.05, 4.69) is 41.5 Å². The van der Waals surface area contributed by atoms with Gasteiger partial charge in [-0.3, -0.25) is 37.3 Å². The fourth-order valence-corrected chi connectivity index (χ4v) is 15.1. The lowest BCUT2D eigenvalue weighted by Gasteiger charge is -2.21. The van der Waals surface area contributed by atoms with E-state index in [0.29, 0.717) is 25.7 Å². The maximum atomic E-state index is 13.2. The Morgan fingerprint density at radius 1 is 0.274 bits per heavy atom. The zero-order valence-corrected chi connectivity index (χ0v) is 71.5. The van der Waals surface area contributed by atoms with Gasteiger partial charge >= 0.3 is 39.5 Å². The van der Waals surface area contributed by atoms with Gasteiger partial charge in [0.05, 0.1) is 26.4 Å². The molecule has 0 aliphatic rings. The first-order chi connectivity index (χ1) is 51.4. The molecule has 0 aliphatic carbocycles. The number of hydrogen-bond acceptors (Lipinski definition) is 15. The van der Waals surface area contributed by atoms with Gasteiger partial charge in [0.15, 0.2) is 12.2 Å². The second-order valence-electron chi connectivity index (χ2n) is 32.0. The average Bonchev–Trinajstić information content (AvgIpc) is 0.900. The van der Waals surface area contributed by atoms with E-state index in [1.54, 1.807) is 0 Å². The van der Waals surface area contributed by atoms with Crippen LogP contribution >= 0.6 is 15.6 Å². The number of rotatable bonds is 86.